The fraction of sp³-hybridized carbons (Fsp3) is 0.765. The summed E-state index contributed by atoms with van der Waals surface area (Å²) in [4.78, 5) is 3.16. The lowest BCUT2D eigenvalue weighted by molar-refractivity contribution is 0.174. The van der Waals surface area contributed by atoms with E-state index in [1.807, 2.05) is 11.3 Å². The molecule has 108 valence electrons. The molecule has 3 atom stereocenters. The van der Waals surface area contributed by atoms with Crippen LogP contribution in [0.25, 0.3) is 0 Å². The van der Waals surface area contributed by atoms with E-state index < -0.39 is 0 Å². The molecule has 0 aliphatic heterocycles. The minimum Gasteiger partial charge on any atom is -0.319 e. The van der Waals surface area contributed by atoms with Crippen LogP contribution < -0.4 is 5.32 Å². The predicted octanol–water partition coefficient (Wildman–Crippen LogP) is 4.51. The van der Waals surface area contributed by atoms with Crippen molar-refractivity contribution < 1.29 is 0 Å². The van der Waals surface area contributed by atoms with Crippen molar-refractivity contribution in [1.82, 2.24) is 5.32 Å². The van der Waals surface area contributed by atoms with E-state index in [4.69, 9.17) is 0 Å². The second-order valence-corrected chi connectivity index (χ2v) is 7.34. The minimum absolute atomic E-state index is 0.889. The Morgan fingerprint density at radius 1 is 1.16 bits per heavy atom. The Morgan fingerprint density at radius 2 is 1.95 bits per heavy atom. The number of nitrogens with one attached hydrogen (secondary N) is 1. The number of hydrogen-bond acceptors (Lipinski definition) is 2. The highest BCUT2D eigenvalue weighted by atomic mass is 32.1. The Labute approximate surface area is 122 Å². The topological polar surface area (TPSA) is 12.0 Å². The van der Waals surface area contributed by atoms with Gasteiger partial charge in [0.2, 0.25) is 0 Å². The molecular weight excluding hydrogens is 250 g/mol. The summed E-state index contributed by atoms with van der Waals surface area (Å²) < 4.78 is 0. The summed E-state index contributed by atoms with van der Waals surface area (Å²) in [7, 11) is 2.10. The largest absolute Gasteiger partial charge is 0.319 e. The van der Waals surface area contributed by atoms with E-state index in [9.17, 15) is 0 Å². The molecule has 1 aliphatic rings. The van der Waals surface area contributed by atoms with Crippen LogP contribution in [0.3, 0.4) is 0 Å². The van der Waals surface area contributed by atoms with Gasteiger partial charge in [-0.2, -0.15) is 0 Å². The third kappa shape index (κ3) is 4.06. The summed E-state index contributed by atoms with van der Waals surface area (Å²) in [6.45, 7) is 5.82. The van der Waals surface area contributed by atoms with Crippen molar-refractivity contribution in [3.05, 3.63) is 21.9 Å². The molecule has 0 amide bonds. The Kier molecular flexibility index (Phi) is 5.90. The first kappa shape index (κ1) is 15.1. The third-order valence-electron chi connectivity index (χ3n) is 4.82. The summed E-state index contributed by atoms with van der Waals surface area (Å²) in [5.41, 5.74) is 0. The molecule has 0 radical (unpaired) electrons. The maximum absolute atomic E-state index is 3.41. The number of aryl methyl sites for hydroxylation is 1. The molecule has 1 aromatic rings. The van der Waals surface area contributed by atoms with Gasteiger partial charge in [-0.3, -0.25) is 0 Å². The normalized spacial score (nSPS) is 27.6. The molecule has 1 saturated carbocycles. The lowest BCUT2D eigenvalue weighted by Gasteiger charge is -2.36. The minimum atomic E-state index is 0.889. The smallest absolute Gasteiger partial charge is 0.00510 e. The quantitative estimate of drug-likeness (QED) is 0.807. The summed E-state index contributed by atoms with van der Waals surface area (Å²) in [5, 5.41) is 3.41. The monoisotopic (exact) mass is 279 g/mol. The molecule has 0 saturated heterocycles. The van der Waals surface area contributed by atoms with Gasteiger partial charge in [-0.05, 0) is 69.2 Å². The highest BCUT2D eigenvalue weighted by Gasteiger charge is 2.29. The fourth-order valence-corrected chi connectivity index (χ4v) is 4.61. The Bertz CT molecular complexity index is 371. The van der Waals surface area contributed by atoms with Gasteiger partial charge < -0.3 is 5.32 Å². The zero-order valence-corrected chi connectivity index (χ0v) is 13.6. The predicted molar refractivity (Wildman–Crippen MR) is 85.9 cm³/mol. The average Bonchev–Trinajstić information content (AvgIpc) is 2.88. The summed E-state index contributed by atoms with van der Waals surface area (Å²) >= 11 is 2.04. The van der Waals surface area contributed by atoms with Gasteiger partial charge in [-0.1, -0.05) is 26.7 Å². The maximum Gasteiger partial charge on any atom is 0.00510 e. The standard InChI is InChI=1S/C17H29NS/c1-4-13-6-7-14(12-18-3)15(10-13)11-17-9-8-16(5-2)19-17/h8-9,13-15,18H,4-7,10-12H2,1-3H3. The fourth-order valence-electron chi connectivity index (χ4n) is 3.56. The molecule has 1 nitrogen and oxygen atoms in total. The Hall–Kier alpha value is -0.340. The first-order valence-electron chi connectivity index (χ1n) is 7.98. The lowest BCUT2D eigenvalue weighted by Crippen LogP contribution is -2.32. The van der Waals surface area contributed by atoms with Crippen LogP contribution in [0.2, 0.25) is 0 Å². The third-order valence-corrected chi connectivity index (χ3v) is 6.07. The number of hydrogen-bond donors (Lipinski definition) is 1. The zero-order valence-electron chi connectivity index (χ0n) is 12.7. The summed E-state index contributed by atoms with van der Waals surface area (Å²) in [6, 6.07) is 4.70. The molecule has 1 fully saturated rings. The van der Waals surface area contributed by atoms with Gasteiger partial charge in [-0.15, -0.1) is 11.3 Å². The highest BCUT2D eigenvalue weighted by molar-refractivity contribution is 7.11. The molecule has 1 aromatic heterocycles. The van der Waals surface area contributed by atoms with Crippen LogP contribution >= 0.6 is 11.3 Å². The molecule has 1 N–H and O–H groups in total. The zero-order chi connectivity index (χ0) is 13.7. The summed E-state index contributed by atoms with van der Waals surface area (Å²) in [5.74, 6) is 2.76. The molecule has 1 heterocycles. The molecule has 19 heavy (non-hydrogen) atoms. The van der Waals surface area contributed by atoms with Gasteiger partial charge in [-0.25, -0.2) is 0 Å². The van der Waals surface area contributed by atoms with Crippen molar-refractivity contribution in [3.8, 4) is 0 Å². The van der Waals surface area contributed by atoms with E-state index in [0.29, 0.717) is 0 Å². The average molecular weight is 279 g/mol. The SMILES string of the molecule is CCc1ccc(CC2CC(CC)CCC2CNC)s1. The van der Waals surface area contributed by atoms with Crippen molar-refractivity contribution in [2.75, 3.05) is 13.6 Å². The van der Waals surface area contributed by atoms with E-state index in [2.05, 4.69) is 38.3 Å². The van der Waals surface area contributed by atoms with Gasteiger partial charge in [0, 0.05) is 9.75 Å². The molecule has 0 aromatic carbocycles. The van der Waals surface area contributed by atoms with E-state index in [0.717, 1.165) is 17.8 Å². The Morgan fingerprint density at radius 3 is 2.58 bits per heavy atom. The molecular formula is C17H29NS. The van der Waals surface area contributed by atoms with Crippen LogP contribution in [0.4, 0.5) is 0 Å². The number of thiophene rings is 1. The highest BCUT2D eigenvalue weighted by Crippen LogP contribution is 2.38. The van der Waals surface area contributed by atoms with Crippen LogP contribution in [0.5, 0.6) is 0 Å². The van der Waals surface area contributed by atoms with Crippen molar-refractivity contribution in [2.24, 2.45) is 17.8 Å². The van der Waals surface area contributed by atoms with E-state index in [1.165, 1.54) is 45.1 Å². The van der Waals surface area contributed by atoms with Gasteiger partial charge in [0.05, 0.1) is 0 Å². The van der Waals surface area contributed by atoms with Crippen LogP contribution in [-0.2, 0) is 12.8 Å². The van der Waals surface area contributed by atoms with Crippen molar-refractivity contribution in [2.45, 2.75) is 52.4 Å². The first-order chi connectivity index (χ1) is 9.26. The van der Waals surface area contributed by atoms with Gasteiger partial charge in [0.1, 0.15) is 0 Å². The second kappa shape index (κ2) is 7.44. The van der Waals surface area contributed by atoms with Crippen LogP contribution in [-0.4, -0.2) is 13.6 Å². The molecule has 1 aliphatic carbocycles. The van der Waals surface area contributed by atoms with Crippen LogP contribution in [0, 0.1) is 17.8 Å². The van der Waals surface area contributed by atoms with Gasteiger partial charge in [0.15, 0.2) is 0 Å². The first-order valence-corrected chi connectivity index (χ1v) is 8.80. The van der Waals surface area contributed by atoms with E-state index >= 15 is 0 Å². The van der Waals surface area contributed by atoms with Crippen molar-refractivity contribution in [3.63, 3.8) is 0 Å². The number of rotatable bonds is 6. The maximum atomic E-state index is 3.41. The second-order valence-electron chi connectivity index (χ2n) is 6.09. The Balaban J connectivity index is 1.99. The van der Waals surface area contributed by atoms with Gasteiger partial charge >= 0.3 is 0 Å². The molecule has 3 unspecified atom stereocenters. The molecule has 0 spiro atoms. The lowest BCUT2D eigenvalue weighted by atomic mass is 9.71. The van der Waals surface area contributed by atoms with E-state index in [-0.39, 0.29) is 0 Å². The molecule has 2 heteroatoms. The van der Waals surface area contributed by atoms with Gasteiger partial charge in [0.25, 0.3) is 0 Å². The molecule has 0 bridgehead atoms. The van der Waals surface area contributed by atoms with Crippen LogP contribution in [0.15, 0.2) is 12.1 Å². The summed E-state index contributed by atoms with van der Waals surface area (Å²) in [6.07, 6.45) is 8.19. The van der Waals surface area contributed by atoms with Crippen molar-refractivity contribution in [1.29, 1.82) is 0 Å². The van der Waals surface area contributed by atoms with Crippen molar-refractivity contribution >= 4 is 11.3 Å². The van der Waals surface area contributed by atoms with E-state index in [1.54, 1.807) is 9.75 Å². The van der Waals surface area contributed by atoms with Crippen LogP contribution in [0.1, 0.15) is 49.3 Å². The molecule has 2 rings (SSSR count).